The molecule has 21 heavy (non-hydrogen) atoms. The van der Waals surface area contributed by atoms with Crippen molar-refractivity contribution in [3.63, 3.8) is 0 Å². The molecule has 0 saturated carbocycles. The van der Waals surface area contributed by atoms with Crippen LogP contribution in [0.4, 0.5) is 0 Å². The second kappa shape index (κ2) is 6.60. The molecule has 1 unspecified atom stereocenters. The SMILES string of the molecule is CNCC(Cc1cccc(Cl)c1)Cc1cn2ccsc2n1. The van der Waals surface area contributed by atoms with Crippen LogP contribution < -0.4 is 5.32 Å². The minimum atomic E-state index is 0.512. The Morgan fingerprint density at radius 1 is 1.38 bits per heavy atom. The first kappa shape index (κ1) is 14.6. The number of benzene rings is 1. The van der Waals surface area contributed by atoms with Crippen molar-refractivity contribution in [2.24, 2.45) is 5.92 Å². The Balaban J connectivity index is 1.73. The molecular formula is C16H18ClN3S. The molecule has 2 aromatic heterocycles. The van der Waals surface area contributed by atoms with Gasteiger partial charge in [-0.25, -0.2) is 4.98 Å². The van der Waals surface area contributed by atoms with E-state index in [-0.39, 0.29) is 0 Å². The van der Waals surface area contributed by atoms with E-state index in [1.54, 1.807) is 11.3 Å². The van der Waals surface area contributed by atoms with E-state index in [9.17, 15) is 0 Å². The standard InChI is InChI=1S/C16H18ClN3S/c1-18-10-13(7-12-3-2-4-14(17)8-12)9-15-11-20-5-6-21-16(20)19-15/h2-6,8,11,13,18H,7,9-10H2,1H3. The van der Waals surface area contributed by atoms with Gasteiger partial charge in [-0.05, 0) is 50.0 Å². The third-order valence-electron chi connectivity index (χ3n) is 3.55. The molecule has 0 amide bonds. The fourth-order valence-corrected chi connectivity index (χ4v) is 3.60. The van der Waals surface area contributed by atoms with Crippen LogP contribution in [0.5, 0.6) is 0 Å². The highest BCUT2D eigenvalue weighted by molar-refractivity contribution is 7.15. The molecule has 0 aliphatic carbocycles. The van der Waals surface area contributed by atoms with E-state index >= 15 is 0 Å². The molecule has 1 N–H and O–H groups in total. The van der Waals surface area contributed by atoms with Crippen molar-refractivity contribution in [1.82, 2.24) is 14.7 Å². The number of aromatic nitrogens is 2. The maximum Gasteiger partial charge on any atom is 0.193 e. The van der Waals surface area contributed by atoms with Crippen molar-refractivity contribution >= 4 is 27.9 Å². The molecule has 0 bridgehead atoms. The fourth-order valence-electron chi connectivity index (χ4n) is 2.67. The van der Waals surface area contributed by atoms with Crippen molar-refractivity contribution in [3.8, 4) is 0 Å². The lowest BCUT2D eigenvalue weighted by atomic mass is 9.95. The van der Waals surface area contributed by atoms with E-state index in [0.29, 0.717) is 5.92 Å². The van der Waals surface area contributed by atoms with Gasteiger partial charge in [-0.3, -0.25) is 4.40 Å². The molecule has 0 fully saturated rings. The van der Waals surface area contributed by atoms with Crippen LogP contribution in [0, 0.1) is 5.92 Å². The van der Waals surface area contributed by atoms with Gasteiger partial charge in [0.05, 0.1) is 5.69 Å². The molecule has 1 aromatic carbocycles. The number of hydrogen-bond donors (Lipinski definition) is 1. The quantitative estimate of drug-likeness (QED) is 0.751. The fraction of sp³-hybridized carbons (Fsp3) is 0.312. The van der Waals surface area contributed by atoms with Crippen LogP contribution in [0.25, 0.3) is 4.96 Å². The molecule has 2 heterocycles. The molecule has 0 saturated heterocycles. The van der Waals surface area contributed by atoms with E-state index in [2.05, 4.69) is 44.6 Å². The van der Waals surface area contributed by atoms with Gasteiger partial charge in [0.25, 0.3) is 0 Å². The van der Waals surface area contributed by atoms with Gasteiger partial charge in [-0.15, -0.1) is 11.3 Å². The average Bonchev–Trinajstić information content (AvgIpc) is 3.00. The van der Waals surface area contributed by atoms with Crippen LogP contribution in [0.2, 0.25) is 5.02 Å². The Hall–Kier alpha value is -1.36. The Morgan fingerprint density at radius 3 is 3.05 bits per heavy atom. The molecule has 0 spiro atoms. The van der Waals surface area contributed by atoms with Crippen LogP contribution >= 0.6 is 22.9 Å². The minimum absolute atomic E-state index is 0.512. The van der Waals surface area contributed by atoms with Crippen molar-refractivity contribution in [2.75, 3.05) is 13.6 Å². The first-order valence-electron chi connectivity index (χ1n) is 7.04. The summed E-state index contributed by atoms with van der Waals surface area (Å²) in [5.74, 6) is 0.512. The summed E-state index contributed by atoms with van der Waals surface area (Å²) in [5.41, 5.74) is 2.44. The van der Waals surface area contributed by atoms with Crippen LogP contribution in [0.1, 0.15) is 11.3 Å². The predicted molar refractivity (Wildman–Crippen MR) is 89.3 cm³/mol. The number of nitrogens with one attached hydrogen (secondary N) is 1. The van der Waals surface area contributed by atoms with Gasteiger partial charge < -0.3 is 5.32 Å². The van der Waals surface area contributed by atoms with Gasteiger partial charge in [0, 0.05) is 22.8 Å². The maximum atomic E-state index is 6.07. The molecule has 3 nitrogen and oxygen atoms in total. The molecule has 0 aliphatic rings. The second-order valence-electron chi connectivity index (χ2n) is 5.29. The molecule has 0 radical (unpaired) electrons. The van der Waals surface area contributed by atoms with Crippen LogP contribution in [-0.4, -0.2) is 23.0 Å². The van der Waals surface area contributed by atoms with Crippen LogP contribution in [0.15, 0.2) is 42.0 Å². The summed E-state index contributed by atoms with van der Waals surface area (Å²) >= 11 is 7.75. The number of fused-ring (bicyclic) bond motifs is 1. The summed E-state index contributed by atoms with van der Waals surface area (Å²) in [6, 6.07) is 8.12. The minimum Gasteiger partial charge on any atom is -0.319 e. The van der Waals surface area contributed by atoms with E-state index in [1.807, 2.05) is 19.2 Å². The number of hydrogen-bond acceptors (Lipinski definition) is 3. The first-order valence-corrected chi connectivity index (χ1v) is 8.30. The van der Waals surface area contributed by atoms with Crippen molar-refractivity contribution in [2.45, 2.75) is 12.8 Å². The summed E-state index contributed by atoms with van der Waals surface area (Å²) < 4.78 is 2.09. The summed E-state index contributed by atoms with van der Waals surface area (Å²) in [5, 5.41) is 6.15. The zero-order valence-corrected chi connectivity index (χ0v) is 13.5. The topological polar surface area (TPSA) is 29.3 Å². The largest absolute Gasteiger partial charge is 0.319 e. The maximum absolute atomic E-state index is 6.07. The lowest BCUT2D eigenvalue weighted by Crippen LogP contribution is -2.23. The Labute approximate surface area is 133 Å². The van der Waals surface area contributed by atoms with Gasteiger partial charge in [0.1, 0.15) is 0 Å². The lowest BCUT2D eigenvalue weighted by molar-refractivity contribution is 0.489. The van der Waals surface area contributed by atoms with Crippen molar-refractivity contribution < 1.29 is 0 Å². The lowest BCUT2D eigenvalue weighted by Gasteiger charge is -2.15. The number of halogens is 1. The average molecular weight is 320 g/mol. The number of rotatable bonds is 6. The summed E-state index contributed by atoms with van der Waals surface area (Å²) in [4.78, 5) is 5.75. The zero-order chi connectivity index (χ0) is 14.7. The Morgan fingerprint density at radius 2 is 2.29 bits per heavy atom. The number of nitrogens with zero attached hydrogens (tertiary/aromatic N) is 2. The number of thiazole rings is 1. The summed E-state index contributed by atoms with van der Waals surface area (Å²) in [6.45, 7) is 0.970. The normalized spacial score (nSPS) is 12.9. The smallest absolute Gasteiger partial charge is 0.193 e. The second-order valence-corrected chi connectivity index (χ2v) is 6.60. The molecule has 1 atom stereocenters. The van der Waals surface area contributed by atoms with E-state index < -0.39 is 0 Å². The van der Waals surface area contributed by atoms with Crippen LogP contribution in [0.3, 0.4) is 0 Å². The van der Waals surface area contributed by atoms with Gasteiger partial charge in [0.2, 0.25) is 0 Å². The Bertz CT molecular complexity index is 690. The predicted octanol–water partition coefficient (Wildman–Crippen LogP) is 3.67. The molecular weight excluding hydrogens is 302 g/mol. The molecule has 5 heteroatoms. The van der Waals surface area contributed by atoms with Gasteiger partial charge in [-0.2, -0.15) is 0 Å². The van der Waals surface area contributed by atoms with E-state index in [1.165, 1.54) is 5.56 Å². The van der Waals surface area contributed by atoms with Gasteiger partial charge in [0.15, 0.2) is 4.96 Å². The number of imidazole rings is 1. The monoisotopic (exact) mass is 319 g/mol. The molecule has 3 rings (SSSR count). The summed E-state index contributed by atoms with van der Waals surface area (Å²) in [6.07, 6.45) is 6.17. The van der Waals surface area contributed by atoms with Crippen molar-refractivity contribution in [3.05, 3.63) is 58.3 Å². The molecule has 110 valence electrons. The highest BCUT2D eigenvalue weighted by atomic mass is 35.5. The molecule has 0 aliphatic heterocycles. The third kappa shape index (κ3) is 3.64. The van der Waals surface area contributed by atoms with Crippen LogP contribution in [-0.2, 0) is 12.8 Å². The molecule has 3 aromatic rings. The first-order chi connectivity index (χ1) is 10.2. The van der Waals surface area contributed by atoms with Gasteiger partial charge >= 0.3 is 0 Å². The summed E-state index contributed by atoms with van der Waals surface area (Å²) in [7, 11) is 2.00. The zero-order valence-electron chi connectivity index (χ0n) is 11.9. The highest BCUT2D eigenvalue weighted by Gasteiger charge is 2.13. The van der Waals surface area contributed by atoms with E-state index in [0.717, 1.165) is 35.1 Å². The van der Waals surface area contributed by atoms with Gasteiger partial charge in [-0.1, -0.05) is 23.7 Å². The highest BCUT2D eigenvalue weighted by Crippen LogP contribution is 2.19. The Kier molecular flexibility index (Phi) is 4.58. The van der Waals surface area contributed by atoms with E-state index in [4.69, 9.17) is 11.6 Å². The van der Waals surface area contributed by atoms with Crippen molar-refractivity contribution in [1.29, 1.82) is 0 Å². The third-order valence-corrected chi connectivity index (χ3v) is 4.55.